The number of benzene rings is 2. The van der Waals surface area contributed by atoms with Gasteiger partial charge in [-0.1, -0.05) is 48.6 Å². The lowest BCUT2D eigenvalue weighted by atomic mass is 10.1. The Kier molecular flexibility index (Phi) is 6.89. The van der Waals surface area contributed by atoms with Crippen LogP contribution in [0.3, 0.4) is 0 Å². The van der Waals surface area contributed by atoms with Crippen LogP contribution in [-0.2, 0) is 24.5 Å². The summed E-state index contributed by atoms with van der Waals surface area (Å²) < 4.78 is 62.4. The Labute approximate surface area is 187 Å². The summed E-state index contributed by atoms with van der Waals surface area (Å²) in [5.41, 5.74) is 2.38. The molecular weight excluding hydrogens is 491 g/mol. The standard InChI is InChI=1S/C17H12Cl2N4O6S2/c18-15-20-16(19)22-17(21-15)23-29-31(27,28)14-8-4-2-6-12(14)10-9-11-5-1-3-7-13(11)30(24,25)26/h1-10H,(H,24,25,26)(H,20,21,22,23). The average Bonchev–Trinajstić information content (AvgIpc) is 2.70. The number of nitrogens with zero attached hydrogens (tertiary/aromatic N) is 3. The maximum absolute atomic E-state index is 12.6. The molecule has 3 rings (SSSR count). The molecule has 0 aliphatic carbocycles. The third-order valence-corrected chi connectivity index (χ3v) is 6.13. The van der Waals surface area contributed by atoms with Crippen LogP contribution in [0.15, 0.2) is 58.3 Å². The molecule has 0 unspecified atom stereocenters. The molecule has 0 saturated heterocycles. The molecule has 0 bridgehead atoms. The zero-order chi connectivity index (χ0) is 22.6. The van der Waals surface area contributed by atoms with Crippen LogP contribution in [0.25, 0.3) is 12.2 Å². The first-order chi connectivity index (χ1) is 14.6. The van der Waals surface area contributed by atoms with Gasteiger partial charge in [-0.25, -0.2) is 5.48 Å². The van der Waals surface area contributed by atoms with Gasteiger partial charge in [-0.15, -0.1) is 4.28 Å². The highest BCUT2D eigenvalue weighted by Crippen LogP contribution is 2.23. The van der Waals surface area contributed by atoms with Crippen LogP contribution in [0.1, 0.15) is 11.1 Å². The summed E-state index contributed by atoms with van der Waals surface area (Å²) in [6.45, 7) is 0. The van der Waals surface area contributed by atoms with Gasteiger partial charge in [-0.05, 0) is 46.5 Å². The number of hydrogen-bond donors (Lipinski definition) is 2. The lowest BCUT2D eigenvalue weighted by molar-refractivity contribution is 0.386. The van der Waals surface area contributed by atoms with E-state index in [-0.39, 0.29) is 37.4 Å². The lowest BCUT2D eigenvalue weighted by Gasteiger charge is -2.09. The lowest BCUT2D eigenvalue weighted by Crippen LogP contribution is -2.14. The molecule has 0 amide bonds. The van der Waals surface area contributed by atoms with E-state index in [9.17, 15) is 21.4 Å². The summed E-state index contributed by atoms with van der Waals surface area (Å²) in [5, 5.41) is -0.548. The van der Waals surface area contributed by atoms with Crippen LogP contribution in [0.2, 0.25) is 10.6 Å². The molecule has 2 N–H and O–H groups in total. The molecule has 0 atom stereocenters. The molecule has 0 aliphatic rings. The number of anilines is 1. The van der Waals surface area contributed by atoms with Crippen molar-refractivity contribution in [2.24, 2.45) is 0 Å². The zero-order valence-corrected chi connectivity index (χ0v) is 18.3. The number of aromatic nitrogens is 3. The summed E-state index contributed by atoms with van der Waals surface area (Å²) in [5.74, 6) is -0.330. The summed E-state index contributed by atoms with van der Waals surface area (Å²) in [6, 6.07) is 11.5. The highest BCUT2D eigenvalue weighted by atomic mass is 35.5. The number of rotatable bonds is 7. The summed E-state index contributed by atoms with van der Waals surface area (Å²) in [4.78, 5) is 10.2. The second-order valence-electron chi connectivity index (χ2n) is 5.72. The van der Waals surface area contributed by atoms with E-state index in [1.54, 1.807) is 12.1 Å². The summed E-state index contributed by atoms with van der Waals surface area (Å²) >= 11 is 11.3. The predicted molar refractivity (Wildman–Crippen MR) is 113 cm³/mol. The monoisotopic (exact) mass is 502 g/mol. The molecule has 0 spiro atoms. The molecule has 162 valence electrons. The first-order valence-electron chi connectivity index (χ1n) is 8.16. The first-order valence-corrected chi connectivity index (χ1v) is 11.8. The predicted octanol–water partition coefficient (Wildman–Crippen LogP) is 3.33. The molecule has 0 saturated carbocycles. The summed E-state index contributed by atoms with van der Waals surface area (Å²) in [6.07, 6.45) is 2.70. The molecule has 0 aliphatic heterocycles. The van der Waals surface area contributed by atoms with Crippen LogP contribution < -0.4 is 5.48 Å². The van der Waals surface area contributed by atoms with Gasteiger partial charge >= 0.3 is 10.1 Å². The average molecular weight is 503 g/mol. The van der Waals surface area contributed by atoms with Crippen molar-refractivity contribution < 1.29 is 25.7 Å². The molecule has 1 aromatic heterocycles. The Morgan fingerprint density at radius 2 is 1.29 bits per heavy atom. The fourth-order valence-corrected chi connectivity index (χ4v) is 4.38. The first kappa shape index (κ1) is 23.1. The van der Waals surface area contributed by atoms with Crippen molar-refractivity contribution in [2.75, 3.05) is 5.48 Å². The molecule has 0 fully saturated rings. The van der Waals surface area contributed by atoms with Crippen molar-refractivity contribution in [3.8, 4) is 0 Å². The smallest absolute Gasteiger partial charge is 0.282 e. The highest BCUT2D eigenvalue weighted by Gasteiger charge is 2.20. The van der Waals surface area contributed by atoms with Gasteiger partial charge in [0, 0.05) is 0 Å². The van der Waals surface area contributed by atoms with E-state index in [1.807, 2.05) is 5.48 Å². The Hall–Kier alpha value is -2.61. The van der Waals surface area contributed by atoms with Crippen molar-refractivity contribution in [1.29, 1.82) is 0 Å². The fourth-order valence-electron chi connectivity index (χ4n) is 2.39. The Bertz CT molecular complexity index is 1340. The Morgan fingerprint density at radius 1 is 0.806 bits per heavy atom. The number of hydrogen-bond acceptors (Lipinski definition) is 9. The third kappa shape index (κ3) is 5.97. The topological polar surface area (TPSA) is 148 Å². The van der Waals surface area contributed by atoms with Gasteiger partial charge in [0.1, 0.15) is 9.79 Å². The largest absolute Gasteiger partial charge is 0.318 e. The molecular formula is C17H12Cl2N4O6S2. The fraction of sp³-hybridized carbons (Fsp3) is 0. The van der Waals surface area contributed by atoms with Crippen molar-refractivity contribution in [3.63, 3.8) is 0 Å². The van der Waals surface area contributed by atoms with E-state index in [2.05, 4.69) is 15.0 Å². The molecule has 1 heterocycles. The molecule has 3 aromatic rings. The maximum Gasteiger partial charge on any atom is 0.318 e. The maximum atomic E-state index is 12.6. The SMILES string of the molecule is O=S(=O)(O)c1ccccc1C=Cc1ccccc1S(=O)(=O)ONc1nc(Cl)nc(Cl)n1. The second-order valence-corrected chi connectivity index (χ2v) is 9.30. The van der Waals surface area contributed by atoms with Crippen molar-refractivity contribution in [1.82, 2.24) is 15.0 Å². The van der Waals surface area contributed by atoms with Gasteiger partial charge in [0.2, 0.25) is 10.6 Å². The summed E-state index contributed by atoms with van der Waals surface area (Å²) in [7, 11) is -8.84. The third-order valence-electron chi connectivity index (χ3n) is 3.65. The molecule has 2 aromatic carbocycles. The van der Waals surface area contributed by atoms with Crippen molar-refractivity contribution >= 4 is 61.5 Å². The highest BCUT2D eigenvalue weighted by molar-refractivity contribution is 7.87. The van der Waals surface area contributed by atoms with E-state index in [1.165, 1.54) is 48.6 Å². The van der Waals surface area contributed by atoms with Crippen LogP contribution in [-0.4, -0.2) is 36.3 Å². The van der Waals surface area contributed by atoms with Gasteiger partial charge in [-0.3, -0.25) is 4.55 Å². The Morgan fingerprint density at radius 3 is 1.84 bits per heavy atom. The quantitative estimate of drug-likeness (QED) is 0.279. The molecule has 0 radical (unpaired) electrons. The second kappa shape index (κ2) is 9.26. The van der Waals surface area contributed by atoms with E-state index in [0.29, 0.717) is 0 Å². The number of nitrogens with one attached hydrogen (secondary N) is 1. The van der Waals surface area contributed by atoms with E-state index in [4.69, 9.17) is 27.5 Å². The normalized spacial score (nSPS) is 12.2. The van der Waals surface area contributed by atoms with Crippen LogP contribution >= 0.6 is 23.2 Å². The van der Waals surface area contributed by atoms with Gasteiger partial charge in [0.15, 0.2) is 0 Å². The minimum Gasteiger partial charge on any atom is -0.282 e. The van der Waals surface area contributed by atoms with Crippen LogP contribution in [0.5, 0.6) is 0 Å². The minimum atomic E-state index is -4.47. The zero-order valence-electron chi connectivity index (χ0n) is 15.2. The van der Waals surface area contributed by atoms with Crippen molar-refractivity contribution in [3.05, 3.63) is 70.2 Å². The molecule has 10 nitrogen and oxygen atoms in total. The van der Waals surface area contributed by atoms with Crippen molar-refractivity contribution in [2.45, 2.75) is 9.79 Å². The van der Waals surface area contributed by atoms with Gasteiger partial charge in [0.25, 0.3) is 16.1 Å². The van der Waals surface area contributed by atoms with Gasteiger partial charge in [-0.2, -0.15) is 31.8 Å². The minimum absolute atomic E-state index is 0.158. The van der Waals surface area contributed by atoms with Crippen LogP contribution in [0, 0.1) is 0 Å². The molecule has 31 heavy (non-hydrogen) atoms. The number of halogens is 2. The van der Waals surface area contributed by atoms with Crippen LogP contribution in [0.4, 0.5) is 5.95 Å². The van der Waals surface area contributed by atoms with Gasteiger partial charge in [0.05, 0.1) is 0 Å². The van der Waals surface area contributed by atoms with Gasteiger partial charge < -0.3 is 0 Å². The van der Waals surface area contributed by atoms with E-state index >= 15 is 0 Å². The Balaban J connectivity index is 1.90. The van der Waals surface area contributed by atoms with E-state index < -0.39 is 20.2 Å². The molecule has 14 heteroatoms. The van der Waals surface area contributed by atoms with E-state index in [0.717, 1.165) is 0 Å².